The van der Waals surface area contributed by atoms with Gasteiger partial charge < -0.3 is 23.3 Å². The fourth-order valence-electron chi connectivity index (χ4n) is 0. The van der Waals surface area contributed by atoms with Gasteiger partial charge in [-0.3, -0.25) is 19.2 Å². The molecule has 4 N–H and O–H groups in total. The van der Waals surface area contributed by atoms with E-state index in [1.807, 2.05) is 0 Å². The van der Waals surface area contributed by atoms with E-state index < -0.39 is 23.9 Å². The van der Waals surface area contributed by atoms with Crippen molar-refractivity contribution in [3.8, 4) is 0 Å². The van der Waals surface area contributed by atoms with Crippen molar-refractivity contribution >= 4 is 23.9 Å². The second kappa shape index (κ2) is 30.9. The van der Waals surface area contributed by atoms with E-state index in [2.05, 4.69) is 0 Å². The van der Waals surface area contributed by atoms with Crippen LogP contribution < -0.4 is 103 Å². The minimum atomic E-state index is -0.833. The number of hydrogen-bond acceptors (Lipinski definition) is 4. The molecule has 0 rings (SSSR count). The maximum Gasteiger partial charge on any atom is 1.00 e. The third-order valence-electron chi connectivity index (χ3n) is 0. The predicted molar refractivity (Wildman–Crippen MR) is 55.5 cm³/mol. The normalized spacial score (nSPS) is 5.56. The van der Waals surface area contributed by atoms with E-state index in [1.54, 1.807) is 0 Å². The number of carbonyl (C=O) groups is 4. The van der Waals surface area contributed by atoms with Crippen molar-refractivity contribution in [2.24, 2.45) is 0 Å². The maximum atomic E-state index is 9.00. The summed E-state index contributed by atoms with van der Waals surface area (Å²) in [6.45, 7) is 4.33. The zero-order valence-electron chi connectivity index (χ0n) is 13.4. The third-order valence-corrected chi connectivity index (χ3v) is 0. The molecule has 0 amide bonds. The monoisotopic (exact) mass is 320 g/mol. The molecule has 0 aromatic carbocycles. The summed E-state index contributed by atoms with van der Waals surface area (Å²) in [4.78, 5) is 36.0. The number of carboxylic acid groups (broad SMARTS) is 4. The Labute approximate surface area is 193 Å². The van der Waals surface area contributed by atoms with Crippen LogP contribution in [-0.2, 0) is 19.2 Å². The predicted octanol–water partition coefficient (Wildman–Crippen LogP) is -5.40. The van der Waals surface area contributed by atoms with Gasteiger partial charge in [0.1, 0.15) is 0 Å². The molecule has 0 saturated heterocycles. The molecule has 0 aromatic heterocycles. The van der Waals surface area contributed by atoms with Gasteiger partial charge >= 0.3 is 103 Å². The van der Waals surface area contributed by atoms with Gasteiger partial charge in [0, 0.05) is 27.7 Å². The molecular formula is C8H18K2O8. The molecule has 0 heterocycles. The van der Waals surface area contributed by atoms with Crippen molar-refractivity contribution in [3.05, 3.63) is 0 Å². The molecular weight excluding hydrogens is 302 g/mol. The van der Waals surface area contributed by atoms with Gasteiger partial charge in [-0.1, -0.05) is 0 Å². The smallest absolute Gasteiger partial charge is 1.00 e. The molecule has 8 nitrogen and oxygen atoms in total. The van der Waals surface area contributed by atoms with Gasteiger partial charge in [-0.2, -0.15) is 0 Å². The minimum Gasteiger partial charge on any atom is -1.00 e. The van der Waals surface area contributed by atoms with E-state index in [4.69, 9.17) is 39.6 Å². The molecule has 0 bridgehead atoms. The van der Waals surface area contributed by atoms with Gasteiger partial charge in [-0.05, 0) is 0 Å². The standard InChI is InChI=1S/4C2H4O2.2K.2H/c4*1-2(3)4;;;;/h4*1H3,(H,3,4);;;;/q;;;;2*+1;2*-1. The van der Waals surface area contributed by atoms with Crippen LogP contribution in [0.5, 0.6) is 0 Å². The fraction of sp³-hybridized carbons (Fsp3) is 0.500. The van der Waals surface area contributed by atoms with Crippen molar-refractivity contribution in [3.63, 3.8) is 0 Å². The topological polar surface area (TPSA) is 149 Å². The van der Waals surface area contributed by atoms with Gasteiger partial charge in [0.25, 0.3) is 23.9 Å². The van der Waals surface area contributed by atoms with E-state index in [0.717, 1.165) is 27.7 Å². The first-order valence-corrected chi connectivity index (χ1v) is 3.71. The van der Waals surface area contributed by atoms with Crippen molar-refractivity contribution in [1.29, 1.82) is 0 Å². The quantitative estimate of drug-likeness (QED) is 0.323. The molecule has 0 aromatic rings. The fourth-order valence-corrected chi connectivity index (χ4v) is 0. The number of hydrogen-bond donors (Lipinski definition) is 4. The van der Waals surface area contributed by atoms with Crippen LogP contribution in [0, 0.1) is 0 Å². The van der Waals surface area contributed by atoms with E-state index in [9.17, 15) is 0 Å². The molecule has 0 radical (unpaired) electrons. The Bertz CT molecular complexity index is 175. The minimum absolute atomic E-state index is 0. The molecule has 0 saturated carbocycles. The Morgan fingerprint density at radius 1 is 0.556 bits per heavy atom. The molecule has 0 unspecified atom stereocenters. The second-order valence-electron chi connectivity index (χ2n) is 2.08. The molecule has 0 atom stereocenters. The number of carboxylic acids is 4. The average Bonchev–Trinajstić information content (AvgIpc) is 1.76. The zero-order valence-corrected chi connectivity index (χ0v) is 17.7. The SMILES string of the molecule is CC(=O)O.CC(=O)O.CC(=O)O.CC(=O)O.[H-].[H-].[K+].[K+]. The van der Waals surface area contributed by atoms with E-state index in [1.165, 1.54) is 0 Å². The number of rotatable bonds is 0. The summed E-state index contributed by atoms with van der Waals surface area (Å²) in [5.41, 5.74) is 0. The summed E-state index contributed by atoms with van der Waals surface area (Å²) in [5.74, 6) is -3.33. The molecule has 18 heavy (non-hydrogen) atoms. The summed E-state index contributed by atoms with van der Waals surface area (Å²) in [7, 11) is 0. The van der Waals surface area contributed by atoms with Crippen molar-refractivity contribution in [2.75, 3.05) is 0 Å². The first kappa shape index (κ1) is 36.5. The van der Waals surface area contributed by atoms with Gasteiger partial charge in [0.2, 0.25) is 0 Å². The summed E-state index contributed by atoms with van der Waals surface area (Å²) in [6, 6.07) is 0. The molecule has 0 aliphatic carbocycles. The summed E-state index contributed by atoms with van der Waals surface area (Å²) < 4.78 is 0. The molecule has 0 aliphatic rings. The first-order valence-electron chi connectivity index (χ1n) is 3.71. The summed E-state index contributed by atoms with van der Waals surface area (Å²) >= 11 is 0. The number of aliphatic carboxylic acids is 4. The largest absolute Gasteiger partial charge is 1.00 e. The molecule has 100 valence electrons. The van der Waals surface area contributed by atoms with Crippen molar-refractivity contribution < 1.29 is 145 Å². The van der Waals surface area contributed by atoms with Crippen molar-refractivity contribution in [1.82, 2.24) is 0 Å². The Morgan fingerprint density at radius 2 is 0.556 bits per heavy atom. The van der Waals surface area contributed by atoms with Crippen LogP contribution in [0.2, 0.25) is 0 Å². The molecule has 0 aliphatic heterocycles. The first-order chi connectivity index (χ1) is 6.93. The van der Waals surface area contributed by atoms with Crippen LogP contribution in [0.15, 0.2) is 0 Å². The molecule has 0 spiro atoms. The Kier molecular flexibility index (Phi) is 62.6. The van der Waals surface area contributed by atoms with Gasteiger partial charge in [-0.15, -0.1) is 0 Å². The van der Waals surface area contributed by atoms with Crippen LogP contribution in [0.25, 0.3) is 0 Å². The van der Waals surface area contributed by atoms with E-state index in [-0.39, 0.29) is 106 Å². The van der Waals surface area contributed by atoms with Crippen LogP contribution in [0.3, 0.4) is 0 Å². The molecule has 10 heteroatoms. The maximum absolute atomic E-state index is 9.00. The Balaban J connectivity index is -0.0000000150. The Morgan fingerprint density at radius 3 is 0.556 bits per heavy atom. The van der Waals surface area contributed by atoms with Crippen LogP contribution in [0.1, 0.15) is 30.5 Å². The van der Waals surface area contributed by atoms with Crippen molar-refractivity contribution in [2.45, 2.75) is 27.7 Å². The summed E-state index contributed by atoms with van der Waals surface area (Å²) in [6.07, 6.45) is 0. The van der Waals surface area contributed by atoms with Gasteiger partial charge in [-0.25, -0.2) is 0 Å². The summed E-state index contributed by atoms with van der Waals surface area (Å²) in [5, 5.41) is 29.7. The second-order valence-corrected chi connectivity index (χ2v) is 2.08. The third kappa shape index (κ3) is 3370. The zero-order chi connectivity index (χ0) is 14.3. The van der Waals surface area contributed by atoms with E-state index in [0.29, 0.717) is 0 Å². The Hall–Kier alpha value is 1.15. The van der Waals surface area contributed by atoms with Gasteiger partial charge in [0.15, 0.2) is 0 Å². The van der Waals surface area contributed by atoms with Crippen LogP contribution in [-0.4, -0.2) is 44.3 Å². The van der Waals surface area contributed by atoms with Gasteiger partial charge in [0.05, 0.1) is 0 Å². The average molecular weight is 320 g/mol. The van der Waals surface area contributed by atoms with E-state index >= 15 is 0 Å². The molecule has 0 fully saturated rings. The van der Waals surface area contributed by atoms with Crippen LogP contribution in [0.4, 0.5) is 0 Å². The van der Waals surface area contributed by atoms with Crippen LogP contribution >= 0.6 is 0 Å².